The Morgan fingerprint density at radius 1 is 1.40 bits per heavy atom. The molecule has 0 atom stereocenters. The molecule has 0 amide bonds. The summed E-state index contributed by atoms with van der Waals surface area (Å²) < 4.78 is 1.98. The predicted octanol–water partition coefficient (Wildman–Crippen LogP) is 4.00. The first-order chi connectivity index (χ1) is 9.45. The Labute approximate surface area is 120 Å². The number of hydrogen-bond acceptors (Lipinski definition) is 2. The lowest BCUT2D eigenvalue weighted by Crippen LogP contribution is -2.18. The molecule has 3 nitrogen and oxygen atoms in total. The van der Waals surface area contributed by atoms with E-state index in [0.717, 1.165) is 11.2 Å². The lowest BCUT2D eigenvalue weighted by atomic mass is 9.80. The third-order valence-corrected chi connectivity index (χ3v) is 4.35. The molecule has 0 aromatic carbocycles. The van der Waals surface area contributed by atoms with Gasteiger partial charge in [0.2, 0.25) is 0 Å². The topological polar surface area (TPSA) is 34.4 Å². The first kappa shape index (κ1) is 13.3. The molecule has 0 radical (unpaired) electrons. The molecule has 0 bridgehead atoms. The summed E-state index contributed by atoms with van der Waals surface area (Å²) in [5, 5.41) is 0. The van der Waals surface area contributed by atoms with Crippen molar-refractivity contribution < 1.29 is 4.79 Å². The largest absolute Gasteiger partial charge is 0.306 e. The van der Waals surface area contributed by atoms with Gasteiger partial charge in [-0.25, -0.2) is 4.98 Å². The number of pyridine rings is 1. The fourth-order valence-corrected chi connectivity index (χ4v) is 2.72. The number of carbonyl (C=O) groups is 1. The molecule has 2 aromatic heterocycles. The van der Waals surface area contributed by atoms with Gasteiger partial charge in [-0.05, 0) is 23.0 Å². The zero-order valence-corrected chi connectivity index (χ0v) is 12.5. The summed E-state index contributed by atoms with van der Waals surface area (Å²) in [5.41, 5.74) is 2.79. The van der Waals surface area contributed by atoms with E-state index in [1.54, 1.807) is 6.20 Å². The minimum absolute atomic E-state index is 0.0317. The van der Waals surface area contributed by atoms with Crippen LogP contribution < -0.4 is 0 Å². The number of hydrogen-bond donors (Lipinski definition) is 0. The number of carbonyl (C=O) groups excluding carboxylic acids is 1. The quantitative estimate of drug-likeness (QED) is 0.790. The molecule has 0 aliphatic heterocycles. The van der Waals surface area contributed by atoms with Crippen LogP contribution >= 0.6 is 0 Å². The highest BCUT2D eigenvalue weighted by Crippen LogP contribution is 2.32. The summed E-state index contributed by atoms with van der Waals surface area (Å²) in [5.74, 6) is 0.841. The van der Waals surface area contributed by atoms with Crippen LogP contribution in [0.5, 0.6) is 0 Å². The van der Waals surface area contributed by atoms with Crippen molar-refractivity contribution in [1.82, 2.24) is 9.38 Å². The predicted molar refractivity (Wildman–Crippen MR) is 80.2 cm³/mol. The molecule has 20 heavy (non-hydrogen) atoms. The number of Topliss-reactive ketones (excluding diaryl/α,β-unsaturated/α-hetero) is 1. The maximum absolute atomic E-state index is 12.6. The van der Waals surface area contributed by atoms with Crippen LogP contribution in [0, 0.1) is 5.92 Å². The van der Waals surface area contributed by atoms with E-state index in [4.69, 9.17) is 0 Å². The van der Waals surface area contributed by atoms with Gasteiger partial charge in [0.25, 0.3) is 0 Å². The van der Waals surface area contributed by atoms with Crippen molar-refractivity contribution in [3.05, 3.63) is 35.8 Å². The zero-order valence-electron chi connectivity index (χ0n) is 12.5. The summed E-state index contributed by atoms with van der Waals surface area (Å²) in [6.07, 6.45) is 10.1. The molecule has 1 fully saturated rings. The van der Waals surface area contributed by atoms with E-state index in [2.05, 4.69) is 32.0 Å². The van der Waals surface area contributed by atoms with E-state index in [0.29, 0.717) is 12.3 Å². The summed E-state index contributed by atoms with van der Waals surface area (Å²) in [6.45, 7) is 6.52. The Balaban J connectivity index is 2.02. The fourth-order valence-electron chi connectivity index (χ4n) is 2.72. The summed E-state index contributed by atoms with van der Waals surface area (Å²) in [4.78, 5) is 16.9. The highest BCUT2D eigenvalue weighted by Gasteiger charge is 2.24. The molecule has 1 aliphatic rings. The van der Waals surface area contributed by atoms with Crippen LogP contribution in [0.4, 0.5) is 0 Å². The van der Waals surface area contributed by atoms with E-state index in [-0.39, 0.29) is 11.2 Å². The molecule has 3 heteroatoms. The molecule has 106 valence electrons. The van der Waals surface area contributed by atoms with Gasteiger partial charge < -0.3 is 4.40 Å². The summed E-state index contributed by atoms with van der Waals surface area (Å²) >= 11 is 0. The van der Waals surface area contributed by atoms with Gasteiger partial charge in [0, 0.05) is 25.0 Å². The monoisotopic (exact) mass is 270 g/mol. The van der Waals surface area contributed by atoms with Crippen LogP contribution in [0.2, 0.25) is 0 Å². The van der Waals surface area contributed by atoms with E-state index in [1.165, 1.54) is 24.8 Å². The maximum atomic E-state index is 12.6. The molecular weight excluding hydrogens is 248 g/mol. The second-order valence-corrected chi connectivity index (χ2v) is 6.97. The van der Waals surface area contributed by atoms with E-state index < -0.39 is 0 Å². The van der Waals surface area contributed by atoms with Crippen LogP contribution in [0.3, 0.4) is 0 Å². The molecule has 0 saturated heterocycles. The number of ketones is 1. The zero-order chi connectivity index (χ0) is 14.3. The Kier molecular flexibility index (Phi) is 3.15. The molecule has 1 saturated carbocycles. The third-order valence-electron chi connectivity index (χ3n) is 4.35. The van der Waals surface area contributed by atoms with Crippen molar-refractivity contribution in [2.75, 3.05) is 0 Å². The lowest BCUT2D eigenvalue weighted by Gasteiger charge is -2.25. The van der Waals surface area contributed by atoms with Gasteiger partial charge in [-0.1, -0.05) is 40.0 Å². The van der Waals surface area contributed by atoms with Crippen molar-refractivity contribution in [3.8, 4) is 0 Å². The highest BCUT2D eigenvalue weighted by molar-refractivity contribution is 6.01. The first-order valence-electron chi connectivity index (χ1n) is 7.45. The summed E-state index contributed by atoms with van der Waals surface area (Å²) in [6, 6.07) is 2.04. The van der Waals surface area contributed by atoms with Gasteiger partial charge in [-0.15, -0.1) is 0 Å². The van der Waals surface area contributed by atoms with Crippen molar-refractivity contribution >= 4 is 11.4 Å². The van der Waals surface area contributed by atoms with Crippen molar-refractivity contribution in [3.63, 3.8) is 0 Å². The summed E-state index contributed by atoms with van der Waals surface area (Å²) in [7, 11) is 0. The average Bonchev–Trinajstić information content (AvgIpc) is 2.79. The van der Waals surface area contributed by atoms with Gasteiger partial charge in [0.05, 0.1) is 5.56 Å². The third kappa shape index (κ3) is 2.37. The minimum atomic E-state index is 0.0317. The molecular formula is C17H22N2O. The van der Waals surface area contributed by atoms with Crippen LogP contribution in [0.1, 0.15) is 62.4 Å². The van der Waals surface area contributed by atoms with Crippen LogP contribution in [0.25, 0.3) is 5.65 Å². The van der Waals surface area contributed by atoms with Gasteiger partial charge in [0.1, 0.15) is 5.65 Å². The van der Waals surface area contributed by atoms with Crippen LogP contribution in [0.15, 0.2) is 24.7 Å². The normalized spacial score (nSPS) is 16.4. The van der Waals surface area contributed by atoms with Gasteiger partial charge in [-0.3, -0.25) is 4.79 Å². The Hall–Kier alpha value is -1.64. The fraction of sp³-hybridized carbons (Fsp3) is 0.529. The second-order valence-electron chi connectivity index (χ2n) is 6.97. The standard InChI is InChI=1S/C17H22N2O/c1-17(2,3)13-10-14(15(20)9-12-5-4-6-12)16-18-7-8-19(16)11-13/h7-8,10-12H,4-6,9H2,1-3H3. The van der Waals surface area contributed by atoms with Gasteiger partial charge >= 0.3 is 0 Å². The number of nitrogens with zero attached hydrogens (tertiary/aromatic N) is 2. The van der Waals surface area contributed by atoms with Gasteiger partial charge in [-0.2, -0.15) is 0 Å². The molecule has 0 N–H and O–H groups in total. The first-order valence-corrected chi connectivity index (χ1v) is 7.45. The smallest absolute Gasteiger partial charge is 0.166 e. The Bertz CT molecular complexity index is 645. The number of fused-ring (bicyclic) bond motifs is 1. The molecule has 0 unspecified atom stereocenters. The number of aromatic nitrogens is 2. The minimum Gasteiger partial charge on any atom is -0.306 e. The van der Waals surface area contributed by atoms with Crippen LogP contribution in [-0.2, 0) is 5.41 Å². The molecule has 0 spiro atoms. The van der Waals surface area contributed by atoms with E-state index in [9.17, 15) is 4.79 Å². The Morgan fingerprint density at radius 3 is 2.75 bits per heavy atom. The van der Waals surface area contributed by atoms with E-state index >= 15 is 0 Å². The SMILES string of the molecule is CC(C)(C)c1cc(C(=O)CC2CCC2)c2nccn2c1. The highest BCUT2D eigenvalue weighted by atomic mass is 16.1. The van der Waals surface area contributed by atoms with Crippen LogP contribution in [-0.4, -0.2) is 15.2 Å². The number of rotatable bonds is 3. The molecule has 1 aliphatic carbocycles. The Morgan fingerprint density at radius 2 is 2.15 bits per heavy atom. The van der Waals surface area contributed by atoms with Crippen molar-refractivity contribution in [2.24, 2.45) is 5.92 Å². The number of imidazole rings is 1. The second kappa shape index (κ2) is 4.72. The molecule has 2 heterocycles. The van der Waals surface area contributed by atoms with Crippen molar-refractivity contribution in [1.29, 1.82) is 0 Å². The molecule has 2 aromatic rings. The van der Waals surface area contributed by atoms with E-state index in [1.807, 2.05) is 16.7 Å². The average molecular weight is 270 g/mol. The lowest BCUT2D eigenvalue weighted by molar-refractivity contribution is 0.0937. The maximum Gasteiger partial charge on any atom is 0.166 e. The van der Waals surface area contributed by atoms with Gasteiger partial charge in [0.15, 0.2) is 5.78 Å². The molecule has 3 rings (SSSR count). The van der Waals surface area contributed by atoms with Crippen molar-refractivity contribution in [2.45, 2.75) is 51.9 Å².